The Labute approximate surface area is 120 Å². The Morgan fingerprint density at radius 1 is 1.27 bits per heavy atom. The van der Waals surface area contributed by atoms with E-state index < -0.39 is 39.4 Å². The predicted octanol–water partition coefficient (Wildman–Crippen LogP) is 3.69. The van der Waals surface area contributed by atoms with Gasteiger partial charge in [0.15, 0.2) is 0 Å². The van der Waals surface area contributed by atoms with Crippen molar-refractivity contribution in [1.82, 2.24) is 4.98 Å². The van der Waals surface area contributed by atoms with E-state index >= 15 is 0 Å². The zero-order chi connectivity index (χ0) is 16.5. The number of nitro benzene ring substituents is 1. The lowest BCUT2D eigenvalue weighted by Gasteiger charge is -2.09. The molecule has 0 saturated carbocycles. The predicted molar refractivity (Wildman–Crippen MR) is 66.0 cm³/mol. The molecule has 5 nitrogen and oxygen atoms in total. The Balaban J connectivity index is 2.68. The van der Waals surface area contributed by atoms with Gasteiger partial charge in [0, 0.05) is 17.8 Å². The Morgan fingerprint density at radius 2 is 1.95 bits per heavy atom. The van der Waals surface area contributed by atoms with Crippen LogP contribution in [0.1, 0.15) is 11.3 Å². The molecule has 0 fully saturated rings. The van der Waals surface area contributed by atoms with Crippen LogP contribution in [0.2, 0.25) is 0 Å². The first-order valence-electron chi connectivity index (χ1n) is 5.65. The van der Waals surface area contributed by atoms with Crippen molar-refractivity contribution in [2.75, 3.05) is 0 Å². The molecule has 0 bridgehead atoms. The summed E-state index contributed by atoms with van der Waals surface area (Å²) in [7, 11) is 0. The quantitative estimate of drug-likeness (QED) is 0.481. The fourth-order valence-electron chi connectivity index (χ4n) is 1.82. The molecular formula is C13H5F4N3O2. The third-order valence-corrected chi connectivity index (χ3v) is 2.75. The lowest BCUT2D eigenvalue weighted by atomic mass is 9.99. The molecule has 2 aromatic rings. The molecule has 0 spiro atoms. The summed E-state index contributed by atoms with van der Waals surface area (Å²) in [6.07, 6.45) is -3.92. The lowest BCUT2D eigenvalue weighted by molar-refractivity contribution is -0.385. The van der Waals surface area contributed by atoms with Gasteiger partial charge < -0.3 is 0 Å². The molecule has 1 aromatic carbocycles. The fraction of sp³-hybridized carbons (Fsp3) is 0.0769. The minimum Gasteiger partial charge on any atom is -0.258 e. The molecule has 0 atom stereocenters. The van der Waals surface area contributed by atoms with Crippen LogP contribution >= 0.6 is 0 Å². The SMILES string of the molecule is N#Cc1cc([N+](=O)[O-])cc(F)c1-c1ccnc(C(F)(F)F)c1. The van der Waals surface area contributed by atoms with Gasteiger partial charge in [-0.25, -0.2) is 4.39 Å². The molecule has 9 heteroatoms. The van der Waals surface area contributed by atoms with Crippen LogP contribution < -0.4 is 0 Å². The van der Waals surface area contributed by atoms with Gasteiger partial charge in [-0.05, 0) is 17.7 Å². The van der Waals surface area contributed by atoms with E-state index in [-0.39, 0.29) is 5.56 Å². The number of nitriles is 1. The number of nitro groups is 1. The van der Waals surface area contributed by atoms with Crippen LogP contribution in [0.25, 0.3) is 11.1 Å². The minimum absolute atomic E-state index is 0.244. The summed E-state index contributed by atoms with van der Waals surface area (Å²) in [6, 6.07) is 4.54. The molecule has 0 aliphatic heterocycles. The Bertz CT molecular complexity index is 797. The maximum Gasteiger partial charge on any atom is 0.433 e. The van der Waals surface area contributed by atoms with Crippen LogP contribution in [0.15, 0.2) is 30.5 Å². The second kappa shape index (κ2) is 5.40. The largest absolute Gasteiger partial charge is 0.433 e. The van der Waals surface area contributed by atoms with Crippen molar-refractivity contribution in [3.8, 4) is 17.2 Å². The number of hydrogen-bond acceptors (Lipinski definition) is 4. The highest BCUT2D eigenvalue weighted by Crippen LogP contribution is 2.34. The van der Waals surface area contributed by atoms with Crippen molar-refractivity contribution in [3.05, 3.63) is 57.7 Å². The van der Waals surface area contributed by atoms with Crippen LogP contribution in [0.4, 0.5) is 23.2 Å². The van der Waals surface area contributed by atoms with Crippen molar-refractivity contribution < 1.29 is 22.5 Å². The third kappa shape index (κ3) is 2.85. The first-order chi connectivity index (χ1) is 10.2. The van der Waals surface area contributed by atoms with Crippen LogP contribution in [0, 0.1) is 27.3 Å². The minimum atomic E-state index is -4.74. The number of nitrogens with zero attached hydrogens (tertiary/aromatic N) is 3. The number of benzene rings is 1. The molecule has 0 aliphatic rings. The number of non-ortho nitro benzene ring substituents is 1. The second-order valence-electron chi connectivity index (χ2n) is 4.15. The Morgan fingerprint density at radius 3 is 2.50 bits per heavy atom. The van der Waals surface area contributed by atoms with E-state index in [9.17, 15) is 27.7 Å². The molecule has 0 saturated heterocycles. The van der Waals surface area contributed by atoms with Gasteiger partial charge in [0.05, 0.1) is 16.6 Å². The lowest BCUT2D eigenvalue weighted by Crippen LogP contribution is -2.08. The monoisotopic (exact) mass is 311 g/mol. The van der Waals surface area contributed by atoms with Gasteiger partial charge in [-0.2, -0.15) is 18.4 Å². The van der Waals surface area contributed by atoms with E-state index in [4.69, 9.17) is 5.26 Å². The molecule has 0 N–H and O–H groups in total. The average molecular weight is 311 g/mol. The first kappa shape index (κ1) is 15.4. The van der Waals surface area contributed by atoms with E-state index in [1.54, 1.807) is 6.07 Å². The number of alkyl halides is 3. The molecule has 0 amide bonds. The third-order valence-electron chi connectivity index (χ3n) is 2.75. The number of rotatable bonds is 2. The molecule has 1 heterocycles. The van der Waals surface area contributed by atoms with E-state index in [1.807, 2.05) is 0 Å². The van der Waals surface area contributed by atoms with Crippen molar-refractivity contribution in [2.24, 2.45) is 0 Å². The highest BCUT2D eigenvalue weighted by molar-refractivity contribution is 5.73. The molecule has 0 aliphatic carbocycles. The van der Waals surface area contributed by atoms with Gasteiger partial charge in [0.25, 0.3) is 5.69 Å². The first-order valence-corrected chi connectivity index (χ1v) is 5.65. The summed E-state index contributed by atoms with van der Waals surface area (Å²) >= 11 is 0. The van der Waals surface area contributed by atoms with E-state index in [0.717, 1.165) is 18.3 Å². The maximum atomic E-state index is 14.0. The number of halogens is 4. The topological polar surface area (TPSA) is 79.8 Å². The fourth-order valence-corrected chi connectivity index (χ4v) is 1.82. The molecule has 1 aromatic heterocycles. The van der Waals surface area contributed by atoms with Crippen LogP contribution in [0.3, 0.4) is 0 Å². The molecule has 112 valence electrons. The van der Waals surface area contributed by atoms with Crippen LogP contribution in [-0.4, -0.2) is 9.91 Å². The van der Waals surface area contributed by atoms with E-state index in [1.165, 1.54) is 0 Å². The average Bonchev–Trinajstić information content (AvgIpc) is 2.45. The van der Waals surface area contributed by atoms with Gasteiger partial charge in [-0.3, -0.25) is 15.1 Å². The summed E-state index contributed by atoms with van der Waals surface area (Å²) in [4.78, 5) is 12.9. The Hall–Kier alpha value is -3.02. The molecular weight excluding hydrogens is 306 g/mol. The highest BCUT2D eigenvalue weighted by atomic mass is 19.4. The summed E-state index contributed by atoms with van der Waals surface area (Å²) in [5.74, 6) is -1.16. The van der Waals surface area contributed by atoms with E-state index in [0.29, 0.717) is 12.1 Å². The molecule has 2 rings (SSSR count). The van der Waals surface area contributed by atoms with Gasteiger partial charge in [0.2, 0.25) is 0 Å². The van der Waals surface area contributed by atoms with Crippen molar-refractivity contribution in [2.45, 2.75) is 6.18 Å². The summed E-state index contributed by atoms with van der Waals surface area (Å²) in [5, 5.41) is 19.6. The van der Waals surface area contributed by atoms with Gasteiger partial charge >= 0.3 is 6.18 Å². The smallest absolute Gasteiger partial charge is 0.258 e. The van der Waals surface area contributed by atoms with Crippen LogP contribution in [-0.2, 0) is 6.18 Å². The summed E-state index contributed by atoms with van der Waals surface area (Å²) in [6.45, 7) is 0. The summed E-state index contributed by atoms with van der Waals surface area (Å²) < 4.78 is 51.9. The van der Waals surface area contributed by atoms with Gasteiger partial charge in [0.1, 0.15) is 17.6 Å². The van der Waals surface area contributed by atoms with Crippen LogP contribution in [0.5, 0.6) is 0 Å². The summed E-state index contributed by atoms with van der Waals surface area (Å²) in [5.41, 5.74) is -3.05. The van der Waals surface area contributed by atoms with E-state index in [2.05, 4.69) is 4.98 Å². The maximum absolute atomic E-state index is 14.0. The zero-order valence-corrected chi connectivity index (χ0v) is 10.6. The molecule has 0 radical (unpaired) electrons. The van der Waals surface area contributed by atoms with Crippen molar-refractivity contribution >= 4 is 5.69 Å². The van der Waals surface area contributed by atoms with Gasteiger partial charge in [-0.1, -0.05) is 0 Å². The molecule has 22 heavy (non-hydrogen) atoms. The highest BCUT2D eigenvalue weighted by Gasteiger charge is 2.33. The number of aromatic nitrogens is 1. The zero-order valence-electron chi connectivity index (χ0n) is 10.6. The van der Waals surface area contributed by atoms with Crippen molar-refractivity contribution in [1.29, 1.82) is 5.26 Å². The number of pyridine rings is 1. The van der Waals surface area contributed by atoms with Gasteiger partial charge in [-0.15, -0.1) is 0 Å². The van der Waals surface area contributed by atoms with Crippen molar-refractivity contribution in [3.63, 3.8) is 0 Å². The normalized spacial score (nSPS) is 11.0. The molecule has 0 unspecified atom stereocenters. The second-order valence-corrected chi connectivity index (χ2v) is 4.15. The Kier molecular flexibility index (Phi) is 3.77. The standard InChI is InChI=1S/C13H5F4N3O2/c14-10-5-9(20(21)22)3-8(6-18)12(10)7-1-2-19-11(4-7)13(15,16)17/h1-5H. The number of hydrogen-bond donors (Lipinski definition) is 0.